The van der Waals surface area contributed by atoms with Crippen LogP contribution in [0.2, 0.25) is 0 Å². The first kappa shape index (κ1) is 12.3. The van der Waals surface area contributed by atoms with Crippen LogP contribution in [0.15, 0.2) is 28.2 Å². The number of nitrogens with zero attached hydrogens (tertiary/aromatic N) is 2. The Kier molecular flexibility index (Phi) is 3.09. The van der Waals surface area contributed by atoms with Crippen molar-refractivity contribution in [3.8, 4) is 10.8 Å². The molecule has 0 saturated carbocycles. The summed E-state index contributed by atoms with van der Waals surface area (Å²) in [5.74, 6) is 0.329. The Hall–Kier alpha value is -1.70. The van der Waals surface area contributed by atoms with Gasteiger partial charge in [-0.25, -0.2) is 4.98 Å². The molecule has 0 spiro atoms. The molecule has 2 N–H and O–H groups in total. The highest BCUT2D eigenvalue weighted by Gasteiger charge is 2.33. The molecule has 0 radical (unpaired) electrons. The van der Waals surface area contributed by atoms with Crippen LogP contribution in [0.5, 0.6) is 0 Å². The minimum Gasteiger partial charge on any atom is -0.462 e. The van der Waals surface area contributed by atoms with Gasteiger partial charge in [-0.1, -0.05) is 0 Å². The number of hydrogen-bond acceptors (Lipinski definition) is 6. The van der Waals surface area contributed by atoms with Gasteiger partial charge in [0.05, 0.1) is 18.5 Å². The number of aliphatic hydroxyl groups excluding tert-OH is 2. The summed E-state index contributed by atoms with van der Waals surface area (Å²) in [5.41, 5.74) is 0.303. The van der Waals surface area contributed by atoms with E-state index in [2.05, 4.69) is 4.98 Å². The number of thiazole rings is 1. The van der Waals surface area contributed by atoms with Crippen molar-refractivity contribution >= 4 is 17.2 Å². The topological polar surface area (TPSA) is 86.8 Å². The number of hydrogen-bond donors (Lipinski definition) is 2. The van der Waals surface area contributed by atoms with Gasteiger partial charge in [0.15, 0.2) is 10.8 Å². The Morgan fingerprint density at radius 1 is 1.42 bits per heavy atom. The summed E-state index contributed by atoms with van der Waals surface area (Å²) in [5, 5.41) is 21.2. The second-order valence-electron chi connectivity index (χ2n) is 4.36. The van der Waals surface area contributed by atoms with E-state index in [4.69, 9.17) is 4.42 Å². The van der Waals surface area contributed by atoms with E-state index >= 15 is 0 Å². The maximum absolute atomic E-state index is 12.1. The molecule has 19 heavy (non-hydrogen) atoms. The summed E-state index contributed by atoms with van der Waals surface area (Å²) in [6.07, 6.45) is -0.218. The summed E-state index contributed by atoms with van der Waals surface area (Å²) < 4.78 is 5.22. The Labute approximate surface area is 112 Å². The van der Waals surface area contributed by atoms with E-state index in [1.54, 1.807) is 23.8 Å². The third kappa shape index (κ3) is 2.27. The lowest BCUT2D eigenvalue weighted by atomic mass is 10.3. The van der Waals surface area contributed by atoms with E-state index in [9.17, 15) is 15.0 Å². The zero-order chi connectivity index (χ0) is 13.4. The van der Waals surface area contributed by atoms with E-state index in [0.717, 1.165) is 0 Å². The van der Waals surface area contributed by atoms with Crippen LogP contribution in [0.4, 0.5) is 0 Å². The van der Waals surface area contributed by atoms with Crippen LogP contribution in [0.25, 0.3) is 10.8 Å². The fourth-order valence-corrected chi connectivity index (χ4v) is 2.74. The van der Waals surface area contributed by atoms with Gasteiger partial charge in [-0.3, -0.25) is 4.79 Å². The van der Waals surface area contributed by atoms with Crippen molar-refractivity contribution in [2.45, 2.75) is 12.2 Å². The van der Waals surface area contributed by atoms with E-state index in [0.29, 0.717) is 16.5 Å². The molecular formula is C12H12N2O4S. The second kappa shape index (κ2) is 4.76. The summed E-state index contributed by atoms with van der Waals surface area (Å²) >= 11 is 1.32. The average molecular weight is 280 g/mol. The van der Waals surface area contributed by atoms with Gasteiger partial charge >= 0.3 is 0 Å². The number of aliphatic hydroxyl groups is 2. The molecule has 100 valence electrons. The molecule has 0 aromatic carbocycles. The molecule has 3 heterocycles. The van der Waals surface area contributed by atoms with Crippen molar-refractivity contribution in [3.63, 3.8) is 0 Å². The number of carbonyl (C=O) groups is 1. The second-order valence-corrected chi connectivity index (χ2v) is 5.22. The third-order valence-corrected chi connectivity index (χ3v) is 3.86. The monoisotopic (exact) mass is 280 g/mol. The predicted molar refractivity (Wildman–Crippen MR) is 67.7 cm³/mol. The number of rotatable bonds is 2. The van der Waals surface area contributed by atoms with Gasteiger partial charge in [-0.2, -0.15) is 0 Å². The first-order chi connectivity index (χ1) is 9.15. The third-order valence-electron chi connectivity index (χ3n) is 3.00. The normalized spacial score (nSPS) is 22.9. The molecule has 6 nitrogen and oxygen atoms in total. The molecule has 0 unspecified atom stereocenters. The quantitative estimate of drug-likeness (QED) is 0.840. The summed E-state index contributed by atoms with van der Waals surface area (Å²) in [7, 11) is 0. The number of likely N-dealkylation sites (tertiary alicyclic amines) is 1. The van der Waals surface area contributed by atoms with Crippen molar-refractivity contribution < 1.29 is 19.4 Å². The van der Waals surface area contributed by atoms with Crippen molar-refractivity contribution in [2.24, 2.45) is 0 Å². The smallest absolute Gasteiger partial charge is 0.273 e. The van der Waals surface area contributed by atoms with Crippen molar-refractivity contribution in [2.75, 3.05) is 13.1 Å². The average Bonchev–Trinajstić information content (AvgIpc) is 3.09. The number of β-amino-alcohol motifs (C(OH)–C–C–N with tert-alkyl or cyclic N) is 2. The van der Waals surface area contributed by atoms with Crippen LogP contribution in [-0.2, 0) is 0 Å². The Bertz CT molecular complexity index is 570. The van der Waals surface area contributed by atoms with Crippen LogP contribution in [0.3, 0.4) is 0 Å². The number of aromatic nitrogens is 1. The summed E-state index contributed by atoms with van der Waals surface area (Å²) in [4.78, 5) is 17.8. The predicted octanol–water partition coefficient (Wildman–Crippen LogP) is 0.581. The Morgan fingerprint density at radius 3 is 2.79 bits per heavy atom. The van der Waals surface area contributed by atoms with E-state index in [1.807, 2.05) is 0 Å². The molecular weight excluding hydrogens is 268 g/mol. The fourth-order valence-electron chi connectivity index (χ4n) is 1.98. The molecule has 1 fully saturated rings. The van der Waals surface area contributed by atoms with Crippen LogP contribution in [0.1, 0.15) is 10.5 Å². The number of carbonyl (C=O) groups excluding carboxylic acids is 1. The minimum atomic E-state index is -0.882. The van der Waals surface area contributed by atoms with Crippen LogP contribution >= 0.6 is 11.3 Å². The zero-order valence-electron chi connectivity index (χ0n) is 9.89. The summed E-state index contributed by atoms with van der Waals surface area (Å²) in [6.45, 7) is 0.265. The van der Waals surface area contributed by atoms with Crippen molar-refractivity contribution in [1.82, 2.24) is 9.88 Å². The molecule has 0 bridgehead atoms. The highest BCUT2D eigenvalue weighted by atomic mass is 32.1. The standard InChI is InChI=1S/C12H12N2O4S/c15-8-4-14(5-9(8)16)12(17)7-6-19-11(13-7)10-2-1-3-18-10/h1-3,6,8-9,15-16H,4-5H2/t8-,9+. The largest absolute Gasteiger partial charge is 0.462 e. The van der Waals surface area contributed by atoms with Gasteiger partial charge < -0.3 is 19.5 Å². The highest BCUT2D eigenvalue weighted by Crippen LogP contribution is 2.25. The molecule has 1 aliphatic heterocycles. The molecule has 1 saturated heterocycles. The molecule has 0 aliphatic carbocycles. The lowest BCUT2D eigenvalue weighted by Gasteiger charge is -2.13. The maximum atomic E-state index is 12.1. The van der Waals surface area contributed by atoms with Gasteiger partial charge in [0.25, 0.3) is 5.91 Å². The molecule has 7 heteroatoms. The molecule has 1 aliphatic rings. The van der Waals surface area contributed by atoms with Crippen LogP contribution < -0.4 is 0 Å². The first-order valence-electron chi connectivity index (χ1n) is 5.80. The van der Waals surface area contributed by atoms with Gasteiger partial charge in [0.1, 0.15) is 5.69 Å². The SMILES string of the molecule is O=C(c1csc(-c2ccco2)n1)N1C[C@@H](O)[C@@H](O)C1. The molecule has 2 atom stereocenters. The maximum Gasteiger partial charge on any atom is 0.273 e. The molecule has 1 amide bonds. The Balaban J connectivity index is 1.78. The van der Waals surface area contributed by atoms with Crippen molar-refractivity contribution in [3.05, 3.63) is 29.5 Å². The fraction of sp³-hybridized carbons (Fsp3) is 0.333. The highest BCUT2D eigenvalue weighted by molar-refractivity contribution is 7.13. The number of amides is 1. The van der Waals surface area contributed by atoms with Crippen LogP contribution in [0, 0.1) is 0 Å². The molecule has 2 aromatic rings. The van der Waals surface area contributed by atoms with E-state index < -0.39 is 12.2 Å². The lowest BCUT2D eigenvalue weighted by molar-refractivity contribution is 0.0572. The summed E-state index contributed by atoms with van der Waals surface area (Å²) in [6, 6.07) is 3.53. The minimum absolute atomic E-state index is 0.133. The van der Waals surface area contributed by atoms with Gasteiger partial charge in [0.2, 0.25) is 0 Å². The number of furan rings is 1. The first-order valence-corrected chi connectivity index (χ1v) is 6.68. The van der Waals surface area contributed by atoms with Gasteiger partial charge in [-0.05, 0) is 12.1 Å². The Morgan fingerprint density at radius 2 is 2.16 bits per heavy atom. The van der Waals surface area contributed by atoms with Gasteiger partial charge in [0, 0.05) is 18.5 Å². The lowest BCUT2D eigenvalue weighted by Crippen LogP contribution is -2.30. The van der Waals surface area contributed by atoms with E-state index in [-0.39, 0.29) is 19.0 Å². The molecule has 2 aromatic heterocycles. The van der Waals surface area contributed by atoms with Gasteiger partial charge in [-0.15, -0.1) is 11.3 Å². The zero-order valence-corrected chi connectivity index (χ0v) is 10.7. The van der Waals surface area contributed by atoms with Crippen molar-refractivity contribution in [1.29, 1.82) is 0 Å². The van der Waals surface area contributed by atoms with Crippen LogP contribution in [-0.4, -0.2) is 51.3 Å². The van der Waals surface area contributed by atoms with E-state index in [1.165, 1.54) is 16.2 Å². The molecule has 3 rings (SSSR count).